The highest BCUT2D eigenvalue weighted by molar-refractivity contribution is 5.32. The van der Waals surface area contributed by atoms with E-state index in [9.17, 15) is 5.11 Å². The summed E-state index contributed by atoms with van der Waals surface area (Å²) < 4.78 is 0. The van der Waals surface area contributed by atoms with Gasteiger partial charge in [0, 0.05) is 38.8 Å². The molecule has 0 bridgehead atoms. The Kier molecular flexibility index (Phi) is 4.63. The fraction of sp³-hybridized carbons (Fsp3) is 0.667. The van der Waals surface area contributed by atoms with Crippen molar-refractivity contribution in [3.63, 3.8) is 0 Å². The molecule has 1 aliphatic heterocycles. The van der Waals surface area contributed by atoms with E-state index in [4.69, 9.17) is 0 Å². The maximum atomic E-state index is 10.7. The van der Waals surface area contributed by atoms with Gasteiger partial charge >= 0.3 is 0 Å². The summed E-state index contributed by atoms with van der Waals surface area (Å²) in [4.78, 5) is 5.07. The average molecular weight is 288 g/mol. The van der Waals surface area contributed by atoms with E-state index in [1.165, 1.54) is 12.1 Å². The van der Waals surface area contributed by atoms with Crippen LogP contribution >= 0.6 is 0 Å². The number of aliphatic hydroxyl groups is 1. The quantitative estimate of drug-likeness (QED) is 0.924. The van der Waals surface area contributed by atoms with Gasteiger partial charge in [0.15, 0.2) is 0 Å². The standard InChI is InChI=1S/C18H28N2O/c1-14(2)13-19-9-11-20(12-10-19)17-8-7-15-5-3-4-6-16(15)18(17)21/h3-6,14,17-18,21H,7-13H2,1-2H3. The van der Waals surface area contributed by atoms with Crippen LogP contribution in [0.3, 0.4) is 0 Å². The number of aliphatic hydroxyl groups excluding tert-OH is 1. The van der Waals surface area contributed by atoms with Crippen molar-refractivity contribution < 1.29 is 5.11 Å². The zero-order valence-electron chi connectivity index (χ0n) is 13.3. The van der Waals surface area contributed by atoms with Crippen molar-refractivity contribution in [3.8, 4) is 0 Å². The molecule has 116 valence electrons. The van der Waals surface area contributed by atoms with Crippen LogP contribution in [0.15, 0.2) is 24.3 Å². The number of hydrogen-bond acceptors (Lipinski definition) is 3. The van der Waals surface area contributed by atoms with Gasteiger partial charge in [0.25, 0.3) is 0 Å². The largest absolute Gasteiger partial charge is 0.387 e. The van der Waals surface area contributed by atoms with Crippen LogP contribution in [0.5, 0.6) is 0 Å². The van der Waals surface area contributed by atoms with Crippen molar-refractivity contribution in [1.82, 2.24) is 9.80 Å². The molecule has 1 N–H and O–H groups in total. The fourth-order valence-corrected chi connectivity index (χ4v) is 3.90. The molecular weight excluding hydrogens is 260 g/mol. The van der Waals surface area contributed by atoms with Crippen LogP contribution < -0.4 is 0 Å². The predicted molar refractivity (Wildman–Crippen MR) is 86.4 cm³/mol. The van der Waals surface area contributed by atoms with Crippen molar-refractivity contribution in [1.29, 1.82) is 0 Å². The van der Waals surface area contributed by atoms with Gasteiger partial charge in [0.2, 0.25) is 0 Å². The molecule has 1 aromatic rings. The third-order valence-electron chi connectivity index (χ3n) is 4.95. The number of aryl methyl sites for hydroxylation is 1. The molecule has 2 aliphatic rings. The molecule has 1 aliphatic carbocycles. The zero-order chi connectivity index (χ0) is 14.8. The Morgan fingerprint density at radius 3 is 2.57 bits per heavy atom. The van der Waals surface area contributed by atoms with Crippen molar-refractivity contribution in [3.05, 3.63) is 35.4 Å². The number of nitrogens with zero attached hydrogens (tertiary/aromatic N) is 2. The Morgan fingerprint density at radius 2 is 1.86 bits per heavy atom. The lowest BCUT2D eigenvalue weighted by Gasteiger charge is -2.43. The molecule has 0 spiro atoms. The van der Waals surface area contributed by atoms with E-state index in [-0.39, 0.29) is 6.10 Å². The number of hydrogen-bond donors (Lipinski definition) is 1. The van der Waals surface area contributed by atoms with Gasteiger partial charge in [-0.25, -0.2) is 0 Å². The van der Waals surface area contributed by atoms with Crippen LogP contribution in [0.1, 0.15) is 37.5 Å². The molecule has 1 saturated heterocycles. The summed E-state index contributed by atoms with van der Waals surface area (Å²) in [5.74, 6) is 0.740. The Bertz CT molecular complexity index is 466. The van der Waals surface area contributed by atoms with E-state index in [2.05, 4.69) is 41.8 Å². The molecule has 1 aromatic carbocycles. The second kappa shape index (κ2) is 6.47. The number of fused-ring (bicyclic) bond motifs is 1. The van der Waals surface area contributed by atoms with Crippen LogP contribution in [-0.4, -0.2) is 53.7 Å². The molecule has 0 aromatic heterocycles. The topological polar surface area (TPSA) is 26.7 Å². The molecule has 2 unspecified atom stereocenters. The lowest BCUT2D eigenvalue weighted by atomic mass is 9.85. The first-order valence-electron chi connectivity index (χ1n) is 8.37. The Hall–Kier alpha value is -0.900. The molecule has 3 heteroatoms. The van der Waals surface area contributed by atoms with Crippen molar-refractivity contribution in [2.24, 2.45) is 5.92 Å². The summed E-state index contributed by atoms with van der Waals surface area (Å²) in [6.45, 7) is 10.2. The number of rotatable bonds is 3. The molecule has 2 atom stereocenters. The van der Waals surface area contributed by atoms with Gasteiger partial charge in [0.05, 0.1) is 6.10 Å². The highest BCUT2D eigenvalue weighted by atomic mass is 16.3. The summed E-state index contributed by atoms with van der Waals surface area (Å²) >= 11 is 0. The van der Waals surface area contributed by atoms with Gasteiger partial charge in [-0.05, 0) is 29.9 Å². The van der Waals surface area contributed by atoms with E-state index in [1.54, 1.807) is 0 Å². The maximum absolute atomic E-state index is 10.7. The minimum absolute atomic E-state index is 0.307. The molecule has 1 heterocycles. The molecular formula is C18H28N2O. The minimum Gasteiger partial charge on any atom is -0.387 e. The third kappa shape index (κ3) is 3.31. The van der Waals surface area contributed by atoms with Crippen LogP contribution in [0.25, 0.3) is 0 Å². The van der Waals surface area contributed by atoms with Crippen LogP contribution in [0.2, 0.25) is 0 Å². The van der Waals surface area contributed by atoms with E-state index >= 15 is 0 Å². The van der Waals surface area contributed by atoms with Crippen molar-refractivity contribution in [2.45, 2.75) is 38.8 Å². The van der Waals surface area contributed by atoms with Crippen molar-refractivity contribution in [2.75, 3.05) is 32.7 Å². The van der Waals surface area contributed by atoms with E-state index in [0.29, 0.717) is 6.04 Å². The number of piperazine rings is 1. The number of benzene rings is 1. The smallest absolute Gasteiger partial charge is 0.0947 e. The SMILES string of the molecule is CC(C)CN1CCN(C2CCc3ccccc3C2O)CC1. The van der Waals surface area contributed by atoms with Crippen LogP contribution in [0.4, 0.5) is 0 Å². The van der Waals surface area contributed by atoms with E-state index < -0.39 is 0 Å². The highest BCUT2D eigenvalue weighted by Gasteiger charge is 2.33. The first kappa shape index (κ1) is 15.0. The minimum atomic E-state index is -0.313. The lowest BCUT2D eigenvalue weighted by molar-refractivity contribution is 0.00660. The molecule has 1 fully saturated rings. The summed E-state index contributed by atoms with van der Waals surface area (Å²) in [7, 11) is 0. The molecule has 0 amide bonds. The molecule has 21 heavy (non-hydrogen) atoms. The molecule has 0 saturated carbocycles. The molecule has 3 rings (SSSR count). The van der Waals surface area contributed by atoms with Crippen molar-refractivity contribution >= 4 is 0 Å². The maximum Gasteiger partial charge on any atom is 0.0947 e. The first-order chi connectivity index (χ1) is 10.1. The van der Waals surface area contributed by atoms with Gasteiger partial charge in [-0.3, -0.25) is 4.90 Å². The zero-order valence-corrected chi connectivity index (χ0v) is 13.3. The van der Waals surface area contributed by atoms with Crippen LogP contribution in [-0.2, 0) is 6.42 Å². The second-order valence-corrected chi connectivity index (χ2v) is 6.98. The average Bonchev–Trinajstić information content (AvgIpc) is 2.48. The van der Waals surface area contributed by atoms with Gasteiger partial charge in [-0.1, -0.05) is 38.1 Å². The van der Waals surface area contributed by atoms with Crippen LogP contribution in [0, 0.1) is 5.92 Å². The fourth-order valence-electron chi connectivity index (χ4n) is 3.90. The lowest BCUT2D eigenvalue weighted by Crippen LogP contribution is -2.53. The Morgan fingerprint density at radius 1 is 1.14 bits per heavy atom. The summed E-state index contributed by atoms with van der Waals surface area (Å²) in [6, 6.07) is 8.69. The first-order valence-corrected chi connectivity index (χ1v) is 8.37. The van der Waals surface area contributed by atoms with Gasteiger partial charge in [-0.2, -0.15) is 0 Å². The summed E-state index contributed by atoms with van der Waals surface area (Å²) in [5.41, 5.74) is 2.48. The normalized spacial score (nSPS) is 27.8. The predicted octanol–water partition coefficient (Wildman–Crippen LogP) is 2.31. The monoisotopic (exact) mass is 288 g/mol. The molecule has 0 radical (unpaired) electrons. The highest BCUT2D eigenvalue weighted by Crippen LogP contribution is 2.33. The van der Waals surface area contributed by atoms with Gasteiger partial charge < -0.3 is 10.0 Å². The third-order valence-corrected chi connectivity index (χ3v) is 4.95. The van der Waals surface area contributed by atoms with Gasteiger partial charge in [0.1, 0.15) is 0 Å². The van der Waals surface area contributed by atoms with E-state index in [1.807, 2.05) is 6.07 Å². The second-order valence-electron chi connectivity index (χ2n) is 6.98. The van der Waals surface area contributed by atoms with E-state index in [0.717, 1.165) is 50.5 Å². The Labute approximate surface area is 128 Å². The van der Waals surface area contributed by atoms with Gasteiger partial charge in [-0.15, -0.1) is 0 Å². The molecule has 3 nitrogen and oxygen atoms in total. The Balaban J connectivity index is 1.62. The summed E-state index contributed by atoms with van der Waals surface area (Å²) in [5, 5.41) is 10.7. The summed E-state index contributed by atoms with van der Waals surface area (Å²) in [6.07, 6.45) is 1.87.